The Kier molecular flexibility index (Phi) is 3.54. The summed E-state index contributed by atoms with van der Waals surface area (Å²) in [6.07, 6.45) is 10.4. The number of rotatable bonds is 2. The number of anilines is 1. The fourth-order valence-corrected chi connectivity index (χ4v) is 3.16. The van der Waals surface area contributed by atoms with Crippen LogP contribution >= 0.6 is 0 Å². The van der Waals surface area contributed by atoms with Crippen molar-refractivity contribution in [1.82, 2.24) is 4.98 Å². The quantitative estimate of drug-likeness (QED) is 0.757. The van der Waals surface area contributed by atoms with Crippen LogP contribution in [0.3, 0.4) is 0 Å². The van der Waals surface area contributed by atoms with E-state index in [9.17, 15) is 5.11 Å². The molecule has 0 spiro atoms. The van der Waals surface area contributed by atoms with Crippen LogP contribution in [0.1, 0.15) is 11.1 Å². The molecule has 3 aromatic rings. The molecule has 0 amide bonds. The SMILES string of the molecule is CN1c2ccccc2C=CC1/C=C/c1ccnc2c(O)cccc12. The molecule has 2 heterocycles. The Morgan fingerprint density at radius 2 is 1.96 bits per heavy atom. The van der Waals surface area contributed by atoms with Crippen molar-refractivity contribution in [2.75, 3.05) is 11.9 Å². The Balaban J connectivity index is 1.69. The first kappa shape index (κ1) is 14.5. The lowest BCUT2D eigenvalue weighted by Gasteiger charge is -2.30. The van der Waals surface area contributed by atoms with Crippen LogP contribution in [0.4, 0.5) is 5.69 Å². The maximum absolute atomic E-state index is 9.96. The highest BCUT2D eigenvalue weighted by Crippen LogP contribution is 2.29. The standard InChI is InChI=1S/C21H18N2O/c1-23-17(12-10-16-5-2-3-7-19(16)23)11-9-15-13-14-22-21-18(15)6-4-8-20(21)24/h2-14,17,24H,1H3/b11-9+. The molecule has 1 N–H and O–H groups in total. The van der Waals surface area contributed by atoms with Crippen molar-refractivity contribution < 1.29 is 5.11 Å². The average molecular weight is 314 g/mol. The molecule has 1 aliphatic rings. The maximum atomic E-state index is 9.96. The summed E-state index contributed by atoms with van der Waals surface area (Å²) in [7, 11) is 2.10. The van der Waals surface area contributed by atoms with Crippen LogP contribution in [-0.4, -0.2) is 23.2 Å². The van der Waals surface area contributed by atoms with E-state index >= 15 is 0 Å². The molecule has 0 aliphatic carbocycles. The molecule has 0 saturated heterocycles. The van der Waals surface area contributed by atoms with Gasteiger partial charge in [-0.1, -0.05) is 54.6 Å². The number of phenols is 1. The van der Waals surface area contributed by atoms with E-state index in [1.54, 1.807) is 12.3 Å². The van der Waals surface area contributed by atoms with E-state index in [1.165, 1.54) is 11.3 Å². The fraction of sp³-hybridized carbons (Fsp3) is 0.0952. The van der Waals surface area contributed by atoms with Gasteiger partial charge in [0.05, 0.1) is 6.04 Å². The molecular formula is C21H18N2O. The molecule has 0 fully saturated rings. The van der Waals surface area contributed by atoms with E-state index in [1.807, 2.05) is 18.2 Å². The van der Waals surface area contributed by atoms with E-state index < -0.39 is 0 Å². The first-order chi connectivity index (χ1) is 11.7. The lowest BCUT2D eigenvalue weighted by molar-refractivity contribution is 0.480. The van der Waals surface area contributed by atoms with Crippen molar-refractivity contribution in [3.8, 4) is 5.75 Å². The third kappa shape index (κ3) is 2.44. The molecule has 0 radical (unpaired) electrons. The highest BCUT2D eigenvalue weighted by atomic mass is 16.3. The number of fused-ring (bicyclic) bond motifs is 2. The number of pyridine rings is 1. The molecule has 2 aromatic carbocycles. The predicted octanol–water partition coefficient (Wildman–Crippen LogP) is 4.49. The van der Waals surface area contributed by atoms with Gasteiger partial charge in [-0.05, 0) is 29.3 Å². The zero-order valence-electron chi connectivity index (χ0n) is 13.4. The van der Waals surface area contributed by atoms with E-state index in [4.69, 9.17) is 0 Å². The molecule has 1 unspecified atom stereocenters. The van der Waals surface area contributed by atoms with Crippen LogP contribution in [0.25, 0.3) is 23.1 Å². The lowest BCUT2D eigenvalue weighted by atomic mass is 10.0. The molecule has 0 saturated carbocycles. The molecule has 24 heavy (non-hydrogen) atoms. The Labute approximate surface area is 141 Å². The molecule has 1 aromatic heterocycles. The fourth-order valence-electron chi connectivity index (χ4n) is 3.16. The number of benzene rings is 2. The van der Waals surface area contributed by atoms with Gasteiger partial charge in [-0.25, -0.2) is 0 Å². The van der Waals surface area contributed by atoms with Crippen molar-refractivity contribution in [3.63, 3.8) is 0 Å². The van der Waals surface area contributed by atoms with Crippen molar-refractivity contribution in [3.05, 3.63) is 78.0 Å². The van der Waals surface area contributed by atoms with Crippen molar-refractivity contribution in [2.24, 2.45) is 0 Å². The summed E-state index contributed by atoms with van der Waals surface area (Å²) >= 11 is 0. The summed E-state index contributed by atoms with van der Waals surface area (Å²) < 4.78 is 0. The molecule has 3 nitrogen and oxygen atoms in total. The summed E-state index contributed by atoms with van der Waals surface area (Å²) in [6.45, 7) is 0. The Morgan fingerprint density at radius 1 is 1.08 bits per heavy atom. The number of nitrogens with zero attached hydrogens (tertiary/aromatic N) is 2. The summed E-state index contributed by atoms with van der Waals surface area (Å²) in [4.78, 5) is 6.53. The average Bonchev–Trinajstić information content (AvgIpc) is 2.62. The zero-order valence-corrected chi connectivity index (χ0v) is 13.4. The summed E-state index contributed by atoms with van der Waals surface area (Å²) in [5.41, 5.74) is 4.16. The lowest BCUT2D eigenvalue weighted by Crippen LogP contribution is -2.30. The van der Waals surface area contributed by atoms with Crippen LogP contribution < -0.4 is 4.90 Å². The van der Waals surface area contributed by atoms with Crippen LogP contribution in [0.2, 0.25) is 0 Å². The minimum Gasteiger partial charge on any atom is -0.506 e. The molecular weight excluding hydrogens is 296 g/mol. The van der Waals surface area contributed by atoms with Gasteiger partial charge in [0.25, 0.3) is 0 Å². The monoisotopic (exact) mass is 314 g/mol. The number of aromatic hydroxyl groups is 1. The number of para-hydroxylation sites is 2. The second-order valence-corrected chi connectivity index (χ2v) is 5.95. The first-order valence-electron chi connectivity index (χ1n) is 7.99. The van der Waals surface area contributed by atoms with Gasteiger partial charge in [0.1, 0.15) is 11.3 Å². The van der Waals surface area contributed by atoms with Gasteiger partial charge in [-0.15, -0.1) is 0 Å². The second kappa shape index (κ2) is 5.85. The van der Waals surface area contributed by atoms with E-state index in [-0.39, 0.29) is 11.8 Å². The molecule has 4 rings (SSSR count). The van der Waals surface area contributed by atoms with E-state index in [0.29, 0.717) is 5.52 Å². The van der Waals surface area contributed by atoms with Gasteiger partial charge in [0.2, 0.25) is 0 Å². The highest BCUT2D eigenvalue weighted by Gasteiger charge is 2.16. The number of hydrogen-bond donors (Lipinski definition) is 1. The van der Waals surface area contributed by atoms with Crippen molar-refractivity contribution in [2.45, 2.75) is 6.04 Å². The third-order valence-corrected chi connectivity index (χ3v) is 4.49. The minimum atomic E-state index is 0.195. The van der Waals surface area contributed by atoms with Crippen LogP contribution in [-0.2, 0) is 0 Å². The third-order valence-electron chi connectivity index (χ3n) is 4.49. The molecule has 3 heteroatoms. The Morgan fingerprint density at radius 3 is 2.88 bits per heavy atom. The molecule has 118 valence electrons. The van der Waals surface area contributed by atoms with Gasteiger partial charge in [-0.3, -0.25) is 4.98 Å². The Hall–Kier alpha value is -3.07. The van der Waals surface area contributed by atoms with Crippen LogP contribution in [0, 0.1) is 0 Å². The van der Waals surface area contributed by atoms with Crippen LogP contribution in [0.5, 0.6) is 5.75 Å². The van der Waals surface area contributed by atoms with Gasteiger partial charge in [0.15, 0.2) is 0 Å². The number of aromatic nitrogens is 1. The largest absolute Gasteiger partial charge is 0.506 e. The van der Waals surface area contributed by atoms with Gasteiger partial charge in [-0.2, -0.15) is 0 Å². The van der Waals surface area contributed by atoms with Crippen LogP contribution in [0.15, 0.2) is 66.9 Å². The summed E-state index contributed by atoms with van der Waals surface area (Å²) in [6, 6.07) is 16.0. The smallest absolute Gasteiger partial charge is 0.141 e. The van der Waals surface area contributed by atoms with Crippen molar-refractivity contribution in [1.29, 1.82) is 0 Å². The van der Waals surface area contributed by atoms with Gasteiger partial charge >= 0.3 is 0 Å². The highest BCUT2D eigenvalue weighted by molar-refractivity contribution is 5.91. The maximum Gasteiger partial charge on any atom is 0.141 e. The van der Waals surface area contributed by atoms with E-state index in [2.05, 4.69) is 65.5 Å². The Bertz CT molecular complexity index is 959. The second-order valence-electron chi connectivity index (χ2n) is 5.95. The van der Waals surface area contributed by atoms with Gasteiger partial charge in [0, 0.05) is 24.3 Å². The molecule has 1 aliphatic heterocycles. The number of phenolic OH excluding ortho intramolecular Hbond substituents is 1. The number of likely N-dealkylation sites (N-methyl/N-ethyl adjacent to an activating group) is 1. The topological polar surface area (TPSA) is 36.4 Å². The number of hydrogen-bond acceptors (Lipinski definition) is 3. The zero-order chi connectivity index (χ0) is 16.5. The van der Waals surface area contributed by atoms with Crippen molar-refractivity contribution >= 4 is 28.7 Å². The normalized spacial score (nSPS) is 16.7. The van der Waals surface area contributed by atoms with Gasteiger partial charge < -0.3 is 10.0 Å². The molecule has 0 bridgehead atoms. The predicted molar refractivity (Wildman–Crippen MR) is 100 cm³/mol. The minimum absolute atomic E-state index is 0.195. The molecule has 1 atom stereocenters. The van der Waals surface area contributed by atoms with E-state index in [0.717, 1.165) is 10.9 Å². The summed E-state index contributed by atoms with van der Waals surface area (Å²) in [5, 5.41) is 10.9. The first-order valence-corrected chi connectivity index (χ1v) is 7.99. The summed E-state index contributed by atoms with van der Waals surface area (Å²) in [5.74, 6) is 0.214.